The number of hydrogen-bond acceptors (Lipinski definition) is 4. The third-order valence-electron chi connectivity index (χ3n) is 25.1. The minimum Gasteiger partial charge on any atom is -0.496 e. The summed E-state index contributed by atoms with van der Waals surface area (Å²) in [5, 5.41) is 0. The molecule has 1 atom stereocenters. The van der Waals surface area contributed by atoms with E-state index in [0.717, 1.165) is 96.6 Å². The van der Waals surface area contributed by atoms with E-state index in [2.05, 4.69) is 401 Å². The number of methoxy groups -OCH3 is 2. The molecule has 110 heavy (non-hydrogen) atoms. The van der Waals surface area contributed by atoms with Gasteiger partial charge >= 0.3 is 0 Å². The molecule has 0 saturated carbocycles. The summed E-state index contributed by atoms with van der Waals surface area (Å²) >= 11 is 0. The maximum absolute atomic E-state index is 6.31. The molecule has 0 aromatic heterocycles. The Labute approximate surface area is 644 Å². The summed E-state index contributed by atoms with van der Waals surface area (Å²) in [5.74, 6) is 1.62. The number of fused-ring (bicyclic) bond motifs is 21. The normalized spacial score (nSPS) is 15.4. The van der Waals surface area contributed by atoms with Gasteiger partial charge in [0.1, 0.15) is 11.5 Å². The van der Waals surface area contributed by atoms with E-state index in [9.17, 15) is 0 Å². The first-order valence-corrected chi connectivity index (χ1v) is 38.5. The van der Waals surface area contributed by atoms with Gasteiger partial charge < -0.3 is 19.3 Å². The number of rotatable bonds is 13. The molecule has 0 amide bonds. The van der Waals surface area contributed by atoms with Crippen LogP contribution < -0.4 is 19.3 Å². The molecule has 4 heteroatoms. The van der Waals surface area contributed by atoms with Gasteiger partial charge in [-0.2, -0.15) is 0 Å². The van der Waals surface area contributed by atoms with Gasteiger partial charge in [-0.3, -0.25) is 0 Å². The first-order valence-electron chi connectivity index (χ1n) is 38.5. The molecule has 1 unspecified atom stereocenters. The maximum Gasteiger partial charge on any atom is 0.126 e. The maximum atomic E-state index is 6.31. The van der Waals surface area contributed by atoms with Crippen LogP contribution in [0.3, 0.4) is 0 Å². The lowest BCUT2D eigenvalue weighted by Gasteiger charge is -2.35. The first kappa shape index (κ1) is 65.0. The van der Waals surface area contributed by atoms with Crippen LogP contribution >= 0.6 is 0 Å². The van der Waals surface area contributed by atoms with Gasteiger partial charge in [-0.05, 0) is 219 Å². The zero-order chi connectivity index (χ0) is 73.6. The Morgan fingerprint density at radius 2 is 0.527 bits per heavy atom. The Hall–Kier alpha value is -13.3. The predicted octanol–water partition coefficient (Wildman–Crippen LogP) is 27.0. The molecule has 0 bridgehead atoms. The summed E-state index contributed by atoms with van der Waals surface area (Å²) in [7, 11) is 3.57. The summed E-state index contributed by atoms with van der Waals surface area (Å²) in [6.07, 6.45) is 0.843. The summed E-state index contributed by atoms with van der Waals surface area (Å²) in [4.78, 5) is 5.12. The van der Waals surface area contributed by atoms with Crippen molar-refractivity contribution in [2.24, 2.45) is 0 Å². The highest BCUT2D eigenvalue weighted by Crippen LogP contribution is 2.67. The van der Waals surface area contributed by atoms with E-state index in [4.69, 9.17) is 9.47 Å². The average molecular weight is 1410 g/mol. The summed E-state index contributed by atoms with van der Waals surface area (Å²) in [6, 6.07) is 139. The van der Waals surface area contributed by atoms with E-state index < -0.39 is 16.2 Å². The second-order valence-electron chi connectivity index (χ2n) is 31.2. The summed E-state index contributed by atoms with van der Waals surface area (Å²) in [5.41, 5.74) is 37.5. The molecular weight excluding hydrogens is 1330 g/mol. The standard InChI is InChI=1S/C106H78N2O2/c1-103(2)67-104(3,72-50-55-77(68-30-10-6-11-31-68)99(60-72)107(73-53-58-101(109-4)87(61-73)70-34-14-8-15-35-70)75-51-56-84-82-42-22-28-48-93(82)105(95(84)63-75)89-44-24-18-38-78(89)79-39-19-25-45-90(79)105)98-65-86(69-32-12-7-13-33-69)100(66-97(98)103)108(74-54-59-102(110-5)88(62-74)71-36-16-9-17-37-71)76-52-57-85-83-43-23-29-49-94(83)106(96(85)64-76)91-46-26-20-40-80(91)81-41-21-27-47-92(81)106/h6-66H,67H2,1-5H3. The van der Waals surface area contributed by atoms with E-state index in [1.54, 1.807) is 14.2 Å². The van der Waals surface area contributed by atoms with Crippen LogP contribution in [-0.4, -0.2) is 14.2 Å². The number of hydrogen-bond donors (Lipinski definition) is 0. The van der Waals surface area contributed by atoms with Crippen LogP contribution in [0, 0.1) is 0 Å². The van der Waals surface area contributed by atoms with Crippen molar-refractivity contribution in [3.8, 4) is 101 Å². The van der Waals surface area contributed by atoms with Gasteiger partial charge in [-0.1, -0.05) is 312 Å². The monoisotopic (exact) mass is 1410 g/mol. The Kier molecular flexibility index (Phi) is 14.7. The van der Waals surface area contributed by atoms with Crippen molar-refractivity contribution in [3.63, 3.8) is 0 Å². The quantitative estimate of drug-likeness (QED) is 0.115. The topological polar surface area (TPSA) is 24.9 Å². The predicted molar refractivity (Wildman–Crippen MR) is 454 cm³/mol. The molecule has 16 aromatic carbocycles. The van der Waals surface area contributed by atoms with Crippen LogP contribution in [0.15, 0.2) is 370 Å². The van der Waals surface area contributed by atoms with E-state index >= 15 is 0 Å². The lowest BCUT2D eigenvalue weighted by molar-refractivity contribution is 0.416. The Bertz CT molecular complexity index is 6290. The molecular formula is C106H78N2O2. The number of ether oxygens (including phenoxy) is 2. The molecule has 4 nitrogen and oxygen atoms in total. The fraction of sp³-hybridized carbons (Fsp3) is 0.0943. The average Bonchev–Trinajstić information content (AvgIpc) is 1.51. The largest absolute Gasteiger partial charge is 0.496 e. The molecule has 0 saturated heterocycles. The van der Waals surface area contributed by atoms with Crippen molar-refractivity contribution in [1.29, 1.82) is 0 Å². The van der Waals surface area contributed by atoms with Gasteiger partial charge in [0.15, 0.2) is 0 Å². The van der Waals surface area contributed by atoms with Crippen LogP contribution in [0.1, 0.15) is 88.4 Å². The van der Waals surface area contributed by atoms with Crippen LogP contribution in [0.2, 0.25) is 0 Å². The minimum atomic E-state index is -0.571. The summed E-state index contributed by atoms with van der Waals surface area (Å²) < 4.78 is 12.6. The molecule has 0 radical (unpaired) electrons. The molecule has 5 aliphatic rings. The highest BCUT2D eigenvalue weighted by atomic mass is 16.5. The number of anilines is 6. The van der Waals surface area contributed by atoms with Crippen molar-refractivity contribution in [2.45, 2.75) is 48.9 Å². The van der Waals surface area contributed by atoms with E-state index in [0.29, 0.717) is 0 Å². The second-order valence-corrected chi connectivity index (χ2v) is 31.2. The lowest BCUT2D eigenvalue weighted by atomic mass is 9.70. The number of benzene rings is 16. The van der Waals surface area contributed by atoms with Gasteiger partial charge in [0.25, 0.3) is 0 Å². The third-order valence-corrected chi connectivity index (χ3v) is 25.1. The Morgan fingerprint density at radius 3 is 0.900 bits per heavy atom. The molecule has 0 heterocycles. The molecule has 21 rings (SSSR count). The SMILES string of the molecule is COc1ccc(N(c2ccc3c(c2)C2(c4ccccc4-c4ccccc42)c2ccccc2-3)c2cc(C3(C)CC(C)(C)c4cc(N(c5ccc(OC)c(-c6ccccc6)c5)c5ccc6c(c5)C5(c7ccccc7-c7ccccc75)c5ccccc5-6)c(-c5ccccc5)cc43)ccc2-c2ccccc2)cc1-c1ccccc1. The second kappa shape index (κ2) is 24.9. The van der Waals surface area contributed by atoms with Gasteiger partial charge in [0, 0.05) is 50.4 Å². The fourth-order valence-electron chi connectivity index (χ4n) is 20.5. The minimum absolute atomic E-state index is 0.328. The zero-order valence-electron chi connectivity index (χ0n) is 62.1. The molecule has 0 fully saturated rings. The van der Waals surface area contributed by atoms with Gasteiger partial charge in [0.05, 0.1) is 36.4 Å². The molecule has 5 aliphatic carbocycles. The molecule has 524 valence electrons. The van der Waals surface area contributed by atoms with Crippen LogP contribution in [0.5, 0.6) is 11.5 Å². The summed E-state index contributed by atoms with van der Waals surface area (Å²) in [6.45, 7) is 7.48. The smallest absolute Gasteiger partial charge is 0.126 e. The fourth-order valence-corrected chi connectivity index (χ4v) is 20.5. The van der Waals surface area contributed by atoms with Crippen molar-refractivity contribution < 1.29 is 9.47 Å². The van der Waals surface area contributed by atoms with Gasteiger partial charge in [-0.15, -0.1) is 0 Å². The molecule has 16 aromatic rings. The Balaban J connectivity index is 0.804. The van der Waals surface area contributed by atoms with Crippen molar-refractivity contribution in [2.75, 3.05) is 24.0 Å². The van der Waals surface area contributed by atoms with Crippen LogP contribution in [-0.2, 0) is 21.7 Å². The molecule has 0 N–H and O–H groups in total. The lowest BCUT2D eigenvalue weighted by Crippen LogP contribution is -2.26. The highest BCUT2D eigenvalue weighted by molar-refractivity contribution is 6.01. The highest BCUT2D eigenvalue weighted by Gasteiger charge is 2.54. The zero-order valence-corrected chi connectivity index (χ0v) is 62.1. The van der Waals surface area contributed by atoms with Crippen molar-refractivity contribution in [3.05, 3.63) is 431 Å². The van der Waals surface area contributed by atoms with Crippen molar-refractivity contribution >= 4 is 34.1 Å². The van der Waals surface area contributed by atoms with E-state index in [1.165, 1.54) is 106 Å². The van der Waals surface area contributed by atoms with E-state index in [-0.39, 0.29) is 5.41 Å². The van der Waals surface area contributed by atoms with Crippen LogP contribution in [0.25, 0.3) is 89.0 Å². The van der Waals surface area contributed by atoms with Crippen LogP contribution in [0.4, 0.5) is 34.1 Å². The van der Waals surface area contributed by atoms with Gasteiger partial charge in [0.2, 0.25) is 0 Å². The Morgan fingerprint density at radius 1 is 0.227 bits per heavy atom. The number of nitrogens with zero attached hydrogens (tertiary/aromatic N) is 2. The van der Waals surface area contributed by atoms with Crippen molar-refractivity contribution in [1.82, 2.24) is 0 Å². The molecule has 0 aliphatic heterocycles. The van der Waals surface area contributed by atoms with E-state index in [1.807, 2.05) is 0 Å². The molecule has 2 spiro atoms. The van der Waals surface area contributed by atoms with Gasteiger partial charge in [-0.25, -0.2) is 0 Å². The third kappa shape index (κ3) is 9.39. The first-order chi connectivity index (χ1) is 54.1.